The summed E-state index contributed by atoms with van der Waals surface area (Å²) in [5, 5.41) is 14.2. The van der Waals surface area contributed by atoms with Gasteiger partial charge in [-0.2, -0.15) is 0 Å². The van der Waals surface area contributed by atoms with Crippen LogP contribution in [0.25, 0.3) is 0 Å². The van der Waals surface area contributed by atoms with Crippen LogP contribution in [-0.4, -0.2) is 120 Å². The predicted octanol–water partition coefficient (Wildman–Crippen LogP) is 5.03. The van der Waals surface area contributed by atoms with Crippen molar-refractivity contribution in [1.29, 1.82) is 0 Å². The second kappa shape index (κ2) is 23.5. The topological polar surface area (TPSA) is 205 Å². The van der Waals surface area contributed by atoms with Crippen LogP contribution in [0.5, 0.6) is 0 Å². The first kappa shape index (κ1) is 52.0. The number of nitrogens with one attached hydrogen (secondary N) is 5. The number of alkyl carbamates (subject to hydrolysis) is 2. The summed E-state index contributed by atoms with van der Waals surface area (Å²) in [6.45, 7) is 18.5. The summed E-state index contributed by atoms with van der Waals surface area (Å²) in [5.74, 6) is -2.02. The molecule has 2 aromatic carbocycles. The SMILES string of the molecule is CC(=O)N1CC2(CCN(C(=O)C(CCCCNC(=O)OC(C)(C)C)NC(=O)C(CC(C)C)NC(=O)C(Cc3ccccc3)NC(=O)C(Cc3ccccc3)NC(=O)OC(C)(C)C)CC2)C1. The first-order valence-corrected chi connectivity index (χ1v) is 23.0. The molecule has 0 bridgehead atoms. The Labute approximate surface area is 385 Å². The van der Waals surface area contributed by atoms with E-state index >= 15 is 0 Å². The van der Waals surface area contributed by atoms with Gasteiger partial charge in [0.05, 0.1) is 0 Å². The minimum Gasteiger partial charge on any atom is -0.444 e. The number of piperidine rings is 1. The largest absolute Gasteiger partial charge is 0.444 e. The van der Waals surface area contributed by atoms with Gasteiger partial charge in [-0.15, -0.1) is 0 Å². The van der Waals surface area contributed by atoms with Crippen LogP contribution >= 0.6 is 0 Å². The summed E-state index contributed by atoms with van der Waals surface area (Å²) in [4.78, 5) is 98.0. The first-order valence-electron chi connectivity index (χ1n) is 23.0. The highest BCUT2D eigenvalue weighted by Gasteiger charge is 2.47. The van der Waals surface area contributed by atoms with Crippen LogP contribution in [0.2, 0.25) is 0 Å². The van der Waals surface area contributed by atoms with Gasteiger partial charge >= 0.3 is 12.2 Å². The average Bonchev–Trinajstić information content (AvgIpc) is 3.20. The second-order valence-corrected chi connectivity index (χ2v) is 20.0. The minimum absolute atomic E-state index is 0.0137. The zero-order valence-corrected chi connectivity index (χ0v) is 39.9. The Hall–Kier alpha value is -5.67. The predicted molar refractivity (Wildman–Crippen MR) is 247 cm³/mol. The van der Waals surface area contributed by atoms with Crippen LogP contribution in [-0.2, 0) is 46.3 Å². The Morgan fingerprint density at radius 3 is 1.57 bits per heavy atom. The summed E-state index contributed by atoms with van der Waals surface area (Å²) in [5.41, 5.74) is 0.0381. The minimum atomic E-state index is -1.16. The van der Waals surface area contributed by atoms with Gasteiger partial charge in [-0.1, -0.05) is 74.5 Å². The summed E-state index contributed by atoms with van der Waals surface area (Å²) >= 11 is 0. The summed E-state index contributed by atoms with van der Waals surface area (Å²) < 4.78 is 10.8. The van der Waals surface area contributed by atoms with Gasteiger partial charge in [0, 0.05) is 57.9 Å². The van der Waals surface area contributed by atoms with Gasteiger partial charge < -0.3 is 45.9 Å². The zero-order valence-electron chi connectivity index (χ0n) is 39.9. The van der Waals surface area contributed by atoms with Crippen molar-refractivity contribution in [3.63, 3.8) is 0 Å². The number of hydrogen-bond donors (Lipinski definition) is 5. The molecule has 2 fully saturated rings. The zero-order chi connectivity index (χ0) is 48.0. The molecule has 7 amide bonds. The molecule has 2 aliphatic rings. The summed E-state index contributed by atoms with van der Waals surface area (Å²) in [6.07, 6.45) is 1.87. The molecule has 0 saturated carbocycles. The van der Waals surface area contributed by atoms with Crippen molar-refractivity contribution in [1.82, 2.24) is 36.4 Å². The molecule has 5 N–H and O–H groups in total. The standard InChI is InChI=1S/C49H73N7O9/c1-33(2)28-38(41(58)51-37(22-16-17-25-50-45(62)64-47(4,5)6)44(61)55-26-23-49(24-27-55)31-56(32-49)34(3)57)52-42(59)39(29-35-18-12-10-13-19-35)53-43(60)40(30-36-20-14-11-15-21-36)54-46(63)65-48(7,8)9/h10-15,18-21,33,37-40H,16-17,22-32H2,1-9H3,(H,50,62)(H,51,58)(H,52,59)(H,53,60)(H,54,63). The van der Waals surface area contributed by atoms with Crippen molar-refractivity contribution >= 4 is 41.7 Å². The molecule has 16 heteroatoms. The number of likely N-dealkylation sites (tertiary alicyclic amines) is 2. The van der Waals surface area contributed by atoms with Crippen LogP contribution in [0, 0.1) is 11.3 Å². The Morgan fingerprint density at radius 1 is 0.615 bits per heavy atom. The molecular weight excluding hydrogens is 831 g/mol. The lowest BCUT2D eigenvalue weighted by Crippen LogP contribution is -2.63. The smallest absolute Gasteiger partial charge is 0.408 e. The van der Waals surface area contributed by atoms with Gasteiger partial charge in [-0.3, -0.25) is 24.0 Å². The number of benzene rings is 2. The van der Waals surface area contributed by atoms with E-state index in [-0.39, 0.29) is 48.8 Å². The first-order chi connectivity index (χ1) is 30.5. The van der Waals surface area contributed by atoms with E-state index < -0.39 is 65.3 Å². The van der Waals surface area contributed by atoms with E-state index in [1.54, 1.807) is 53.4 Å². The molecule has 4 rings (SSSR count). The average molecular weight is 904 g/mol. The highest BCUT2D eigenvalue weighted by atomic mass is 16.6. The van der Waals surface area contributed by atoms with E-state index in [0.717, 1.165) is 24.0 Å². The Morgan fingerprint density at radius 2 is 1.08 bits per heavy atom. The Kier molecular flexibility index (Phi) is 18.8. The number of unbranched alkanes of at least 4 members (excludes halogenated alkanes) is 1. The van der Waals surface area contributed by atoms with Gasteiger partial charge in [0.1, 0.15) is 35.4 Å². The van der Waals surface area contributed by atoms with Gasteiger partial charge in [0.25, 0.3) is 0 Å². The van der Waals surface area contributed by atoms with E-state index in [4.69, 9.17) is 9.47 Å². The Balaban J connectivity index is 1.53. The molecule has 358 valence electrons. The number of amides is 7. The lowest BCUT2D eigenvalue weighted by Gasteiger charge is -2.54. The van der Waals surface area contributed by atoms with Crippen LogP contribution in [0.3, 0.4) is 0 Å². The highest BCUT2D eigenvalue weighted by molar-refractivity contribution is 5.95. The van der Waals surface area contributed by atoms with E-state index in [1.165, 1.54) is 0 Å². The summed E-state index contributed by atoms with van der Waals surface area (Å²) in [7, 11) is 0. The molecule has 2 aliphatic heterocycles. The van der Waals surface area contributed by atoms with E-state index in [1.807, 2.05) is 79.4 Å². The van der Waals surface area contributed by atoms with Gasteiger partial charge in [-0.05, 0) is 97.1 Å². The molecule has 2 saturated heterocycles. The van der Waals surface area contributed by atoms with Crippen molar-refractivity contribution in [2.45, 2.75) is 149 Å². The van der Waals surface area contributed by atoms with Crippen LogP contribution in [0.4, 0.5) is 9.59 Å². The van der Waals surface area contributed by atoms with E-state index in [9.17, 15) is 33.6 Å². The third-order valence-corrected chi connectivity index (χ3v) is 11.4. The highest BCUT2D eigenvalue weighted by Crippen LogP contribution is 2.40. The molecule has 4 unspecified atom stereocenters. The fourth-order valence-electron chi connectivity index (χ4n) is 8.05. The molecule has 0 aromatic heterocycles. The molecule has 0 radical (unpaired) electrons. The van der Waals surface area contributed by atoms with Gasteiger partial charge in [-0.25, -0.2) is 9.59 Å². The number of rotatable bonds is 19. The van der Waals surface area contributed by atoms with Crippen molar-refractivity contribution in [2.24, 2.45) is 11.3 Å². The number of hydrogen-bond acceptors (Lipinski definition) is 9. The molecule has 0 aliphatic carbocycles. The number of carbonyl (C=O) groups is 7. The lowest BCUT2D eigenvalue weighted by molar-refractivity contribution is -0.149. The molecule has 1 spiro atoms. The van der Waals surface area contributed by atoms with Crippen molar-refractivity contribution in [3.8, 4) is 0 Å². The second-order valence-electron chi connectivity index (χ2n) is 20.0. The maximum atomic E-state index is 14.4. The van der Waals surface area contributed by atoms with Crippen LogP contribution < -0.4 is 26.6 Å². The summed E-state index contributed by atoms with van der Waals surface area (Å²) in [6, 6.07) is 14.0. The molecule has 2 aromatic rings. The van der Waals surface area contributed by atoms with Crippen LogP contribution in [0.1, 0.15) is 112 Å². The van der Waals surface area contributed by atoms with E-state index in [2.05, 4.69) is 26.6 Å². The van der Waals surface area contributed by atoms with Crippen molar-refractivity contribution in [2.75, 3.05) is 32.7 Å². The lowest BCUT2D eigenvalue weighted by atomic mass is 9.72. The third-order valence-electron chi connectivity index (χ3n) is 11.4. The fourth-order valence-corrected chi connectivity index (χ4v) is 8.05. The van der Waals surface area contributed by atoms with E-state index in [0.29, 0.717) is 45.6 Å². The number of nitrogens with zero attached hydrogens (tertiary/aromatic N) is 2. The molecule has 2 heterocycles. The molecule has 16 nitrogen and oxygen atoms in total. The maximum absolute atomic E-state index is 14.4. The van der Waals surface area contributed by atoms with Gasteiger partial charge in [0.15, 0.2) is 0 Å². The van der Waals surface area contributed by atoms with Gasteiger partial charge in [0.2, 0.25) is 29.5 Å². The quantitative estimate of drug-likeness (QED) is 0.120. The fraction of sp³-hybridized carbons (Fsp3) is 0.612. The molecule has 65 heavy (non-hydrogen) atoms. The number of carbonyl (C=O) groups excluding carboxylic acids is 7. The monoisotopic (exact) mass is 904 g/mol. The normalized spacial score (nSPS) is 16.5. The molecule has 4 atom stereocenters. The number of ether oxygens (including phenoxy) is 2. The molecular formula is C49H73N7O9. The Bertz CT molecular complexity index is 1910. The third kappa shape index (κ3) is 17.7. The maximum Gasteiger partial charge on any atom is 0.408 e. The van der Waals surface area contributed by atoms with Crippen molar-refractivity contribution in [3.05, 3.63) is 71.8 Å². The van der Waals surface area contributed by atoms with Crippen molar-refractivity contribution < 1.29 is 43.0 Å². The van der Waals surface area contributed by atoms with Crippen LogP contribution in [0.15, 0.2) is 60.7 Å².